The molecule has 0 aromatic heterocycles. The van der Waals surface area contributed by atoms with Crippen LogP contribution in [0.2, 0.25) is 0 Å². The molecular formula is C18H20N2O3. The minimum absolute atomic E-state index is 0.0405. The Kier molecular flexibility index (Phi) is 4.66. The molecule has 120 valence electrons. The maximum absolute atomic E-state index is 12.0. The summed E-state index contributed by atoms with van der Waals surface area (Å²) in [5.41, 5.74) is 2.95. The van der Waals surface area contributed by atoms with Crippen molar-refractivity contribution in [1.29, 1.82) is 0 Å². The van der Waals surface area contributed by atoms with Gasteiger partial charge in [-0.1, -0.05) is 17.7 Å². The lowest BCUT2D eigenvalue weighted by Crippen LogP contribution is -2.18. The molecule has 2 aromatic rings. The summed E-state index contributed by atoms with van der Waals surface area (Å²) in [6, 6.07) is 13.5. The number of hydrogen-bond acceptors (Lipinski definition) is 4. The summed E-state index contributed by atoms with van der Waals surface area (Å²) in [5.74, 6) is 1.35. The molecule has 5 heteroatoms. The van der Waals surface area contributed by atoms with Crippen molar-refractivity contribution in [3.63, 3.8) is 0 Å². The average Bonchev–Trinajstić information content (AvgIpc) is 2.56. The number of carbonyl (C=O) groups is 1. The van der Waals surface area contributed by atoms with Crippen molar-refractivity contribution in [2.75, 3.05) is 30.4 Å². The van der Waals surface area contributed by atoms with E-state index in [1.165, 1.54) is 5.56 Å². The van der Waals surface area contributed by atoms with Crippen LogP contribution < -0.4 is 20.1 Å². The number of aryl methyl sites for hydroxylation is 1. The summed E-state index contributed by atoms with van der Waals surface area (Å²) in [4.78, 5) is 12.0. The van der Waals surface area contributed by atoms with Crippen molar-refractivity contribution in [3.8, 4) is 11.5 Å². The van der Waals surface area contributed by atoms with Gasteiger partial charge < -0.3 is 20.1 Å². The van der Waals surface area contributed by atoms with Gasteiger partial charge in [0.2, 0.25) is 5.91 Å². The highest BCUT2D eigenvalue weighted by Gasteiger charge is 2.12. The zero-order valence-corrected chi connectivity index (χ0v) is 13.1. The molecule has 23 heavy (non-hydrogen) atoms. The molecule has 1 aliphatic heterocycles. The second-order valence-electron chi connectivity index (χ2n) is 5.45. The van der Waals surface area contributed by atoms with Crippen LogP contribution in [0.3, 0.4) is 0 Å². The highest BCUT2D eigenvalue weighted by atomic mass is 16.6. The predicted octanol–water partition coefficient (Wildman–Crippen LogP) is 3.21. The Labute approximate surface area is 135 Å². The summed E-state index contributed by atoms with van der Waals surface area (Å²) in [6.07, 6.45) is 0.391. The highest BCUT2D eigenvalue weighted by Crippen LogP contribution is 2.32. The Morgan fingerprint density at radius 3 is 2.48 bits per heavy atom. The van der Waals surface area contributed by atoms with Gasteiger partial charge in [-0.25, -0.2) is 0 Å². The van der Waals surface area contributed by atoms with Gasteiger partial charge in [-0.2, -0.15) is 0 Å². The number of benzene rings is 2. The van der Waals surface area contributed by atoms with E-state index in [0.29, 0.717) is 31.9 Å². The van der Waals surface area contributed by atoms with Gasteiger partial charge >= 0.3 is 0 Å². The van der Waals surface area contributed by atoms with Crippen LogP contribution in [0, 0.1) is 6.92 Å². The van der Waals surface area contributed by atoms with Gasteiger partial charge in [0.1, 0.15) is 13.2 Å². The SMILES string of the molecule is Cc1ccc(NCCC(=O)Nc2ccc3c(c2)OCCO3)cc1. The number of rotatable bonds is 5. The highest BCUT2D eigenvalue weighted by molar-refractivity contribution is 5.91. The fraction of sp³-hybridized carbons (Fsp3) is 0.278. The molecule has 0 saturated carbocycles. The Balaban J connectivity index is 1.48. The maximum Gasteiger partial charge on any atom is 0.226 e. The lowest BCUT2D eigenvalue weighted by molar-refractivity contribution is -0.115. The molecule has 5 nitrogen and oxygen atoms in total. The van der Waals surface area contributed by atoms with Gasteiger partial charge in [-0.3, -0.25) is 4.79 Å². The molecule has 0 bridgehead atoms. The van der Waals surface area contributed by atoms with E-state index in [4.69, 9.17) is 9.47 Å². The third-order valence-electron chi connectivity index (χ3n) is 3.56. The molecule has 3 rings (SSSR count). The number of amides is 1. The third kappa shape index (κ3) is 4.16. The molecule has 1 heterocycles. The number of fused-ring (bicyclic) bond motifs is 1. The molecule has 0 saturated heterocycles. The van der Waals surface area contributed by atoms with E-state index in [2.05, 4.69) is 10.6 Å². The van der Waals surface area contributed by atoms with Gasteiger partial charge in [-0.05, 0) is 31.2 Å². The minimum Gasteiger partial charge on any atom is -0.486 e. The first-order valence-electron chi connectivity index (χ1n) is 7.71. The van der Waals surface area contributed by atoms with Gasteiger partial charge in [0.15, 0.2) is 11.5 Å². The van der Waals surface area contributed by atoms with Crippen LogP contribution in [0.4, 0.5) is 11.4 Å². The van der Waals surface area contributed by atoms with Crippen molar-refractivity contribution >= 4 is 17.3 Å². The van der Waals surface area contributed by atoms with Crippen molar-refractivity contribution < 1.29 is 14.3 Å². The summed E-state index contributed by atoms with van der Waals surface area (Å²) in [7, 11) is 0. The van der Waals surface area contributed by atoms with E-state index < -0.39 is 0 Å². The van der Waals surface area contributed by atoms with Crippen molar-refractivity contribution in [3.05, 3.63) is 48.0 Å². The van der Waals surface area contributed by atoms with Crippen LogP contribution in [-0.2, 0) is 4.79 Å². The number of ether oxygens (including phenoxy) is 2. The van der Waals surface area contributed by atoms with E-state index in [9.17, 15) is 4.79 Å². The number of carbonyl (C=O) groups excluding carboxylic acids is 1. The standard InChI is InChI=1S/C18H20N2O3/c1-13-2-4-14(5-3-13)19-9-8-18(21)20-15-6-7-16-17(12-15)23-11-10-22-16/h2-7,12,19H,8-11H2,1H3,(H,20,21). The van der Waals surface area contributed by atoms with Gasteiger partial charge in [0, 0.05) is 30.4 Å². The van der Waals surface area contributed by atoms with Crippen LogP contribution in [0.15, 0.2) is 42.5 Å². The first-order chi connectivity index (χ1) is 11.2. The van der Waals surface area contributed by atoms with Crippen LogP contribution in [-0.4, -0.2) is 25.7 Å². The smallest absolute Gasteiger partial charge is 0.226 e. The van der Waals surface area contributed by atoms with E-state index in [-0.39, 0.29) is 5.91 Å². The van der Waals surface area contributed by atoms with Crippen molar-refractivity contribution in [1.82, 2.24) is 0 Å². The summed E-state index contributed by atoms with van der Waals surface area (Å²) >= 11 is 0. The van der Waals surface area contributed by atoms with Crippen molar-refractivity contribution in [2.45, 2.75) is 13.3 Å². The molecule has 2 aromatic carbocycles. The second kappa shape index (κ2) is 7.05. The molecule has 0 radical (unpaired) electrons. The molecule has 1 amide bonds. The Hall–Kier alpha value is -2.69. The molecule has 0 atom stereocenters. The zero-order valence-electron chi connectivity index (χ0n) is 13.1. The Bertz CT molecular complexity index is 683. The molecule has 2 N–H and O–H groups in total. The normalized spacial score (nSPS) is 12.6. The molecule has 1 aliphatic rings. The summed E-state index contributed by atoms with van der Waals surface area (Å²) in [6.45, 7) is 3.72. The maximum atomic E-state index is 12.0. The Morgan fingerprint density at radius 1 is 1.00 bits per heavy atom. The molecule has 0 aliphatic carbocycles. The van der Waals surface area contributed by atoms with Crippen molar-refractivity contribution in [2.24, 2.45) is 0 Å². The van der Waals surface area contributed by atoms with Crippen LogP contribution in [0.25, 0.3) is 0 Å². The van der Waals surface area contributed by atoms with Crippen LogP contribution in [0.1, 0.15) is 12.0 Å². The Morgan fingerprint density at radius 2 is 1.70 bits per heavy atom. The lowest BCUT2D eigenvalue weighted by Gasteiger charge is -2.19. The number of nitrogens with one attached hydrogen (secondary N) is 2. The molecule has 0 fully saturated rings. The average molecular weight is 312 g/mol. The van der Waals surface area contributed by atoms with E-state index in [0.717, 1.165) is 17.1 Å². The topological polar surface area (TPSA) is 59.6 Å². The van der Waals surface area contributed by atoms with E-state index >= 15 is 0 Å². The zero-order chi connectivity index (χ0) is 16.1. The fourth-order valence-corrected chi connectivity index (χ4v) is 2.34. The first-order valence-corrected chi connectivity index (χ1v) is 7.71. The third-order valence-corrected chi connectivity index (χ3v) is 3.56. The fourth-order valence-electron chi connectivity index (χ4n) is 2.34. The van der Waals surface area contributed by atoms with E-state index in [1.807, 2.05) is 43.3 Å². The number of hydrogen-bond donors (Lipinski definition) is 2. The second-order valence-corrected chi connectivity index (χ2v) is 5.45. The van der Waals surface area contributed by atoms with Gasteiger partial charge in [0.05, 0.1) is 0 Å². The van der Waals surface area contributed by atoms with Gasteiger partial charge in [-0.15, -0.1) is 0 Å². The molecular weight excluding hydrogens is 292 g/mol. The lowest BCUT2D eigenvalue weighted by atomic mass is 10.2. The van der Waals surface area contributed by atoms with Gasteiger partial charge in [0.25, 0.3) is 0 Å². The van der Waals surface area contributed by atoms with Crippen LogP contribution in [0.5, 0.6) is 11.5 Å². The molecule has 0 unspecified atom stereocenters. The predicted molar refractivity (Wildman–Crippen MR) is 90.3 cm³/mol. The largest absolute Gasteiger partial charge is 0.486 e. The molecule has 0 spiro atoms. The monoisotopic (exact) mass is 312 g/mol. The summed E-state index contributed by atoms with van der Waals surface area (Å²) in [5, 5.41) is 6.11. The quantitative estimate of drug-likeness (QED) is 0.890. The van der Waals surface area contributed by atoms with Crippen LogP contribution >= 0.6 is 0 Å². The minimum atomic E-state index is -0.0405. The van der Waals surface area contributed by atoms with E-state index in [1.54, 1.807) is 6.07 Å². The number of anilines is 2. The summed E-state index contributed by atoms with van der Waals surface area (Å²) < 4.78 is 11.0. The first kappa shape index (κ1) is 15.2.